The molecule has 7 nitrogen and oxygen atoms in total. The fourth-order valence-electron chi connectivity index (χ4n) is 2.77. The van der Waals surface area contributed by atoms with Gasteiger partial charge in [0.2, 0.25) is 5.91 Å². The van der Waals surface area contributed by atoms with Crippen molar-refractivity contribution >= 4 is 33.7 Å². The second-order valence-electron chi connectivity index (χ2n) is 7.08. The van der Waals surface area contributed by atoms with Crippen LogP contribution >= 0.6 is 15.9 Å². The maximum Gasteiger partial charge on any atom is 0.308 e. The number of rotatable bonds is 8. The molecular formula is C20H27BrN2O5. The van der Waals surface area contributed by atoms with E-state index in [9.17, 15) is 14.4 Å². The van der Waals surface area contributed by atoms with E-state index in [1.807, 2.05) is 6.92 Å². The van der Waals surface area contributed by atoms with Gasteiger partial charge in [0.25, 0.3) is 5.91 Å². The van der Waals surface area contributed by atoms with Gasteiger partial charge in [-0.05, 0) is 46.5 Å². The molecule has 1 aromatic carbocycles. The standard InChI is InChI=1S/C20H27BrN2O5/c1-4-9-27-18(24)11-16-19(25)22-7-8-23(16)20(26)14-5-6-17(15(21)10-14)28-12-13(2)3/h5-6,10,13,16H,4,7-9,11-12H2,1-3H3,(H,22,25). The lowest BCUT2D eigenvalue weighted by atomic mass is 10.1. The predicted molar refractivity (Wildman–Crippen MR) is 108 cm³/mol. The molecule has 1 N–H and O–H groups in total. The van der Waals surface area contributed by atoms with Crippen LogP contribution in [0.25, 0.3) is 0 Å². The van der Waals surface area contributed by atoms with Gasteiger partial charge in [-0.1, -0.05) is 20.8 Å². The number of halogens is 1. The summed E-state index contributed by atoms with van der Waals surface area (Å²) in [5, 5.41) is 2.71. The van der Waals surface area contributed by atoms with Gasteiger partial charge in [0.15, 0.2) is 0 Å². The van der Waals surface area contributed by atoms with Crippen molar-refractivity contribution in [2.45, 2.75) is 39.7 Å². The van der Waals surface area contributed by atoms with E-state index in [0.717, 1.165) is 0 Å². The van der Waals surface area contributed by atoms with Crippen LogP contribution in [0.5, 0.6) is 5.75 Å². The SMILES string of the molecule is CCCOC(=O)CC1C(=O)NCCN1C(=O)c1ccc(OCC(C)C)c(Br)c1. The van der Waals surface area contributed by atoms with E-state index >= 15 is 0 Å². The average molecular weight is 455 g/mol. The molecule has 8 heteroatoms. The monoisotopic (exact) mass is 454 g/mol. The molecule has 1 aromatic rings. The maximum atomic E-state index is 13.0. The van der Waals surface area contributed by atoms with E-state index < -0.39 is 12.0 Å². The van der Waals surface area contributed by atoms with Gasteiger partial charge in [0.1, 0.15) is 11.8 Å². The van der Waals surface area contributed by atoms with Gasteiger partial charge in [-0.3, -0.25) is 14.4 Å². The van der Waals surface area contributed by atoms with Gasteiger partial charge in [0.05, 0.1) is 24.1 Å². The lowest BCUT2D eigenvalue weighted by molar-refractivity contribution is -0.147. The van der Waals surface area contributed by atoms with Crippen molar-refractivity contribution in [1.29, 1.82) is 0 Å². The van der Waals surface area contributed by atoms with Gasteiger partial charge in [0, 0.05) is 18.7 Å². The quantitative estimate of drug-likeness (QED) is 0.610. The van der Waals surface area contributed by atoms with Crippen LogP contribution in [0.3, 0.4) is 0 Å². The smallest absolute Gasteiger partial charge is 0.308 e. The first-order valence-electron chi connectivity index (χ1n) is 9.50. The van der Waals surface area contributed by atoms with Gasteiger partial charge >= 0.3 is 5.97 Å². The number of nitrogens with one attached hydrogen (secondary N) is 1. The molecule has 0 radical (unpaired) electrons. The number of ether oxygens (including phenoxy) is 2. The Labute approximate surface area is 173 Å². The fourth-order valence-corrected chi connectivity index (χ4v) is 3.26. The molecule has 0 spiro atoms. The first-order chi connectivity index (χ1) is 13.3. The highest BCUT2D eigenvalue weighted by Gasteiger charge is 2.35. The number of carbonyl (C=O) groups is 3. The highest BCUT2D eigenvalue weighted by molar-refractivity contribution is 9.10. The van der Waals surface area contributed by atoms with E-state index in [-0.39, 0.29) is 18.2 Å². The number of hydrogen-bond acceptors (Lipinski definition) is 5. The summed E-state index contributed by atoms with van der Waals surface area (Å²) < 4.78 is 11.5. The van der Waals surface area contributed by atoms with Crippen LogP contribution in [0, 0.1) is 5.92 Å². The Kier molecular flexibility index (Phi) is 8.29. The molecule has 154 valence electrons. The zero-order valence-electron chi connectivity index (χ0n) is 16.5. The van der Waals surface area contributed by atoms with Gasteiger partial charge in [-0.2, -0.15) is 0 Å². The summed E-state index contributed by atoms with van der Waals surface area (Å²) >= 11 is 3.44. The summed E-state index contributed by atoms with van der Waals surface area (Å²) in [5.41, 5.74) is 0.422. The summed E-state index contributed by atoms with van der Waals surface area (Å²) in [4.78, 5) is 38.7. The maximum absolute atomic E-state index is 13.0. The molecule has 1 unspecified atom stereocenters. The van der Waals surface area contributed by atoms with Crippen LogP contribution in [0.15, 0.2) is 22.7 Å². The number of carbonyl (C=O) groups excluding carboxylic acids is 3. The van der Waals surface area contributed by atoms with Gasteiger partial charge in [-0.15, -0.1) is 0 Å². The van der Waals surface area contributed by atoms with Crippen molar-refractivity contribution in [2.24, 2.45) is 5.92 Å². The van der Waals surface area contributed by atoms with Crippen molar-refractivity contribution in [1.82, 2.24) is 10.2 Å². The Bertz CT molecular complexity index is 723. The summed E-state index contributed by atoms with van der Waals surface area (Å²) in [7, 11) is 0. The first kappa shape index (κ1) is 22.2. The largest absolute Gasteiger partial charge is 0.492 e. The molecule has 0 aromatic heterocycles. The summed E-state index contributed by atoms with van der Waals surface area (Å²) in [6, 6.07) is 4.20. The highest BCUT2D eigenvalue weighted by atomic mass is 79.9. The first-order valence-corrected chi connectivity index (χ1v) is 10.3. The Morgan fingerprint density at radius 3 is 2.75 bits per heavy atom. The van der Waals surface area contributed by atoms with Crippen LogP contribution in [0.1, 0.15) is 44.0 Å². The molecule has 1 fully saturated rings. The van der Waals surface area contributed by atoms with Gasteiger partial charge in [-0.25, -0.2) is 0 Å². The third-order valence-corrected chi connectivity index (χ3v) is 4.79. The van der Waals surface area contributed by atoms with Crippen molar-refractivity contribution < 1.29 is 23.9 Å². The van der Waals surface area contributed by atoms with Crippen LogP contribution in [0.2, 0.25) is 0 Å². The van der Waals surface area contributed by atoms with Crippen LogP contribution in [0.4, 0.5) is 0 Å². The third-order valence-electron chi connectivity index (χ3n) is 4.17. The number of benzene rings is 1. The molecule has 28 heavy (non-hydrogen) atoms. The highest BCUT2D eigenvalue weighted by Crippen LogP contribution is 2.27. The normalized spacial score (nSPS) is 16.7. The second-order valence-corrected chi connectivity index (χ2v) is 7.93. The third kappa shape index (κ3) is 5.95. The molecule has 1 atom stereocenters. The zero-order chi connectivity index (χ0) is 20.7. The Hall–Kier alpha value is -2.09. The van der Waals surface area contributed by atoms with E-state index in [2.05, 4.69) is 35.1 Å². The number of hydrogen-bond donors (Lipinski definition) is 1. The number of amides is 2. The van der Waals surface area contributed by atoms with Crippen LogP contribution < -0.4 is 10.1 Å². The van der Waals surface area contributed by atoms with Crippen LogP contribution in [-0.4, -0.2) is 55.0 Å². The lowest BCUT2D eigenvalue weighted by Crippen LogP contribution is -2.57. The van der Waals surface area contributed by atoms with E-state index in [0.29, 0.717) is 54.4 Å². The number of piperazine rings is 1. The minimum Gasteiger partial charge on any atom is -0.492 e. The molecule has 0 bridgehead atoms. The minimum atomic E-state index is -0.874. The van der Waals surface area contributed by atoms with E-state index in [4.69, 9.17) is 9.47 Å². The van der Waals surface area contributed by atoms with Crippen molar-refractivity contribution in [3.05, 3.63) is 28.2 Å². The molecule has 1 heterocycles. The summed E-state index contributed by atoms with van der Waals surface area (Å²) in [5.74, 6) is -0.0989. The topological polar surface area (TPSA) is 84.9 Å². The van der Waals surface area contributed by atoms with Crippen molar-refractivity contribution in [3.63, 3.8) is 0 Å². The summed E-state index contributed by atoms with van der Waals surface area (Å²) in [6.07, 6.45) is 0.541. The van der Waals surface area contributed by atoms with E-state index in [1.165, 1.54) is 4.90 Å². The van der Waals surface area contributed by atoms with E-state index in [1.54, 1.807) is 18.2 Å². The van der Waals surface area contributed by atoms with Gasteiger partial charge < -0.3 is 19.7 Å². The van der Waals surface area contributed by atoms with Crippen LogP contribution in [-0.2, 0) is 14.3 Å². The number of esters is 1. The van der Waals surface area contributed by atoms with Crippen molar-refractivity contribution in [3.8, 4) is 5.75 Å². The summed E-state index contributed by atoms with van der Waals surface area (Å²) in [6.45, 7) is 7.55. The predicted octanol–water partition coefficient (Wildman–Crippen LogP) is 2.77. The Morgan fingerprint density at radius 1 is 1.36 bits per heavy atom. The molecule has 1 aliphatic rings. The Balaban J connectivity index is 2.14. The molecule has 2 amide bonds. The zero-order valence-corrected chi connectivity index (χ0v) is 18.1. The Morgan fingerprint density at radius 2 is 2.11 bits per heavy atom. The lowest BCUT2D eigenvalue weighted by Gasteiger charge is -2.34. The number of nitrogens with zero attached hydrogens (tertiary/aromatic N) is 1. The average Bonchev–Trinajstić information content (AvgIpc) is 2.66. The molecule has 1 aliphatic heterocycles. The molecular weight excluding hydrogens is 428 g/mol. The molecule has 0 saturated carbocycles. The minimum absolute atomic E-state index is 0.158. The molecule has 1 saturated heterocycles. The fraction of sp³-hybridized carbons (Fsp3) is 0.550. The molecule has 0 aliphatic carbocycles. The molecule has 2 rings (SSSR count). The van der Waals surface area contributed by atoms with Crippen molar-refractivity contribution in [2.75, 3.05) is 26.3 Å². The second kappa shape index (κ2) is 10.5.